The van der Waals surface area contributed by atoms with Gasteiger partial charge in [0.1, 0.15) is 0 Å². The number of hydrogen-bond acceptors (Lipinski definition) is 0. The van der Waals surface area contributed by atoms with Crippen LogP contribution in [-0.2, 0) is 0 Å². The van der Waals surface area contributed by atoms with E-state index in [1.807, 2.05) is 12.2 Å². The van der Waals surface area contributed by atoms with Crippen LogP contribution < -0.4 is 0 Å². The molecule has 0 heteroatoms. The van der Waals surface area contributed by atoms with E-state index in [0.717, 1.165) is 118 Å². The third-order valence-corrected chi connectivity index (χ3v) is 12.9. The van der Waals surface area contributed by atoms with Crippen molar-refractivity contribution in [3.8, 4) is 47.4 Å². The summed E-state index contributed by atoms with van der Waals surface area (Å²) in [6.07, 6.45) is 11.4. The van der Waals surface area contributed by atoms with E-state index in [2.05, 4.69) is 298 Å². The van der Waals surface area contributed by atoms with Crippen LogP contribution in [0.15, 0.2) is 228 Å². The molecule has 0 saturated heterocycles. The molecule has 1 aliphatic carbocycles. The normalized spacial score (nSPS) is 16.7. The summed E-state index contributed by atoms with van der Waals surface area (Å²) in [7, 11) is 0. The van der Waals surface area contributed by atoms with Gasteiger partial charge >= 0.3 is 0 Å². The summed E-state index contributed by atoms with van der Waals surface area (Å²) in [6, 6.07) is 60.5. The summed E-state index contributed by atoms with van der Waals surface area (Å²) in [4.78, 5) is 0. The molecule has 0 heterocycles. The van der Waals surface area contributed by atoms with E-state index >= 15 is 0 Å². The van der Waals surface area contributed by atoms with Gasteiger partial charge in [-0.1, -0.05) is 257 Å². The highest BCUT2D eigenvalue weighted by molar-refractivity contribution is 6.16. The van der Waals surface area contributed by atoms with Crippen molar-refractivity contribution in [1.82, 2.24) is 0 Å². The molecule has 7 aromatic carbocycles. The largest absolute Gasteiger partial charge is 0.0845 e. The van der Waals surface area contributed by atoms with Gasteiger partial charge in [-0.2, -0.15) is 0 Å². The summed E-state index contributed by atoms with van der Waals surface area (Å²) in [5.74, 6) is 30.2. The molecule has 0 aromatic heterocycles. The molecule has 7 aromatic rings. The van der Waals surface area contributed by atoms with Crippen LogP contribution in [0.1, 0.15) is 98.2 Å². The molecule has 0 saturated carbocycles. The molecule has 358 valence electrons. The number of aryl methyl sites for hydroxylation is 7. The second-order valence-electron chi connectivity index (χ2n) is 19.2. The van der Waals surface area contributed by atoms with Gasteiger partial charge in [-0.05, 0) is 127 Å². The Morgan fingerprint density at radius 1 is 0.338 bits per heavy atom. The first-order valence-corrected chi connectivity index (χ1v) is 25.5. The van der Waals surface area contributed by atoms with E-state index in [-0.39, 0.29) is 0 Å². The highest BCUT2D eigenvalue weighted by atomic mass is 14.3. The van der Waals surface area contributed by atoms with Crippen molar-refractivity contribution >= 4 is 22.3 Å². The number of hydrogen-bond donors (Lipinski definition) is 0. The molecule has 0 atom stereocenters. The van der Waals surface area contributed by atoms with Crippen molar-refractivity contribution in [3.63, 3.8) is 0 Å². The van der Waals surface area contributed by atoms with Gasteiger partial charge in [0.05, 0.1) is 0 Å². The molecule has 0 nitrogen and oxygen atoms in total. The van der Waals surface area contributed by atoms with Gasteiger partial charge in [-0.3, -0.25) is 0 Å². The van der Waals surface area contributed by atoms with Crippen molar-refractivity contribution in [1.29, 1.82) is 0 Å². The first kappa shape index (κ1) is 51.3. The lowest BCUT2D eigenvalue weighted by Crippen LogP contribution is -2.10. The number of rotatable bonds is 7. The Balaban J connectivity index is 1.70. The molecule has 0 bridgehead atoms. The summed E-state index contributed by atoms with van der Waals surface area (Å²) < 4.78 is 0. The fraction of sp³-hybridized carbons (Fsp3) is 0.135. The molecule has 0 aliphatic heterocycles. The molecule has 1 aliphatic rings. The SMILES string of the molecule is CC\C=C/C(C)=C\C=C\C#CC1=C(c2ccc(C)cc2)/C(C#Cc2ccc(C)cc2)=C(c2ccc(C)cc2)\C(C#Cc2ccc(C)cc2)=C(c2ccc(C)cc2)/C(C#Cc2ccc(C)cc2)=C\1c1ccc(C)cc1. The van der Waals surface area contributed by atoms with E-state index in [0.29, 0.717) is 0 Å². The number of allylic oxidation sites excluding steroid dienone is 14. The molecular formula is C74H62. The van der Waals surface area contributed by atoms with Crippen molar-refractivity contribution in [2.75, 3.05) is 0 Å². The monoisotopic (exact) mass is 950 g/mol. The van der Waals surface area contributed by atoms with Crippen molar-refractivity contribution in [2.24, 2.45) is 0 Å². The van der Waals surface area contributed by atoms with E-state index in [1.165, 1.54) is 16.7 Å². The van der Waals surface area contributed by atoms with Crippen LogP contribution in [0, 0.1) is 95.8 Å². The second kappa shape index (κ2) is 24.4. The Kier molecular flexibility index (Phi) is 16.9. The van der Waals surface area contributed by atoms with Crippen molar-refractivity contribution in [3.05, 3.63) is 306 Å². The molecule has 0 spiro atoms. The van der Waals surface area contributed by atoms with E-state index in [1.54, 1.807) is 0 Å². The first-order valence-electron chi connectivity index (χ1n) is 25.5. The minimum absolute atomic E-state index is 0.801. The Hall–Kier alpha value is -9.04. The minimum Gasteiger partial charge on any atom is -0.0845 e. The van der Waals surface area contributed by atoms with E-state index in [4.69, 9.17) is 0 Å². The van der Waals surface area contributed by atoms with Gasteiger partial charge in [0.15, 0.2) is 0 Å². The fourth-order valence-corrected chi connectivity index (χ4v) is 8.57. The van der Waals surface area contributed by atoms with Crippen LogP contribution in [0.3, 0.4) is 0 Å². The lowest BCUT2D eigenvalue weighted by atomic mass is 9.74. The summed E-state index contributed by atoms with van der Waals surface area (Å²) in [5, 5.41) is 0. The Labute approximate surface area is 442 Å². The molecule has 0 radical (unpaired) electrons. The average molecular weight is 951 g/mol. The molecule has 8 rings (SSSR count). The molecule has 0 amide bonds. The zero-order valence-electron chi connectivity index (χ0n) is 44.3. The zero-order chi connectivity index (χ0) is 52.0. The molecular weight excluding hydrogens is 889 g/mol. The fourth-order valence-electron chi connectivity index (χ4n) is 8.57. The average Bonchev–Trinajstić information content (AvgIpc) is 3.40. The van der Waals surface area contributed by atoms with Crippen molar-refractivity contribution in [2.45, 2.75) is 68.7 Å². The Morgan fingerprint density at radius 3 is 0.865 bits per heavy atom. The van der Waals surface area contributed by atoms with Crippen LogP contribution in [0.5, 0.6) is 0 Å². The quantitative estimate of drug-likeness (QED) is 0.110. The summed E-state index contributed by atoms with van der Waals surface area (Å²) >= 11 is 0. The highest BCUT2D eigenvalue weighted by Crippen LogP contribution is 2.48. The van der Waals surface area contributed by atoms with Crippen molar-refractivity contribution < 1.29 is 0 Å². The smallest absolute Gasteiger partial charge is 0.0431 e. The highest BCUT2D eigenvalue weighted by Gasteiger charge is 2.31. The minimum atomic E-state index is 0.801. The predicted molar refractivity (Wildman–Crippen MR) is 317 cm³/mol. The van der Waals surface area contributed by atoms with Gasteiger partial charge < -0.3 is 0 Å². The third kappa shape index (κ3) is 13.1. The molecule has 74 heavy (non-hydrogen) atoms. The van der Waals surface area contributed by atoms with E-state index in [9.17, 15) is 0 Å². The maximum Gasteiger partial charge on any atom is 0.0431 e. The summed E-state index contributed by atoms with van der Waals surface area (Å²) in [6.45, 7) is 19.1. The maximum atomic E-state index is 3.91. The van der Waals surface area contributed by atoms with Crippen LogP contribution in [0.2, 0.25) is 0 Å². The lowest BCUT2D eigenvalue weighted by molar-refractivity contribution is 1.22. The Morgan fingerprint density at radius 2 is 0.595 bits per heavy atom. The number of benzene rings is 7. The second-order valence-corrected chi connectivity index (χ2v) is 19.2. The third-order valence-electron chi connectivity index (χ3n) is 12.9. The standard InChI is InChI=1S/C74H62/c1-10-11-15-52(2)16-13-12-14-17-67-71(63-41-24-56(6)25-42-63)68(49-38-60-32-18-53(3)19-33-60)73(65-45-28-58(8)29-46-65)70(51-40-62-36-22-55(5)23-37-62)74(66-47-30-59(9)31-48-66)69(50-39-61-34-20-54(4)21-35-61)72(67)64-43-26-57(7)27-44-64/h11-13,15-16,18-37,41-48H,10H2,1-9H3/b13-12+,15-11-,52-16-,71-67-,71-68?,72-67?,72-69-,73-68-,73-70?,74-69?,74-70-. The predicted octanol–water partition coefficient (Wildman–Crippen LogP) is 17.6. The van der Waals surface area contributed by atoms with Crippen LogP contribution >= 0.6 is 0 Å². The molecule has 0 fully saturated rings. The topological polar surface area (TPSA) is 0 Å². The van der Waals surface area contributed by atoms with Crippen LogP contribution in [0.4, 0.5) is 0 Å². The molecule has 0 N–H and O–H groups in total. The van der Waals surface area contributed by atoms with Gasteiger partial charge in [0, 0.05) is 61.3 Å². The van der Waals surface area contributed by atoms with E-state index < -0.39 is 0 Å². The maximum absolute atomic E-state index is 3.91. The van der Waals surface area contributed by atoms with Gasteiger partial charge in [-0.15, -0.1) is 0 Å². The first-order chi connectivity index (χ1) is 35.9. The van der Waals surface area contributed by atoms with Gasteiger partial charge in [0.25, 0.3) is 0 Å². The molecule has 0 unspecified atom stereocenters. The van der Waals surface area contributed by atoms with Gasteiger partial charge in [-0.25, -0.2) is 0 Å². The van der Waals surface area contributed by atoms with Gasteiger partial charge in [0.2, 0.25) is 0 Å². The zero-order valence-corrected chi connectivity index (χ0v) is 44.3. The summed E-state index contributed by atoms with van der Waals surface area (Å²) in [5.41, 5.74) is 22.7. The lowest BCUT2D eigenvalue weighted by Gasteiger charge is -2.27. The van der Waals surface area contributed by atoms with Crippen LogP contribution in [0.25, 0.3) is 22.3 Å². The van der Waals surface area contributed by atoms with Crippen LogP contribution in [-0.4, -0.2) is 0 Å². The Bertz CT molecular complexity index is 3610.